The number of nitrogens with zero attached hydrogens (tertiary/aromatic N) is 1. The van der Waals surface area contributed by atoms with Crippen LogP contribution in [0.3, 0.4) is 0 Å². The third-order valence-corrected chi connectivity index (χ3v) is 4.37. The molecule has 130 valence electrons. The monoisotopic (exact) mass is 331 g/mol. The lowest BCUT2D eigenvalue weighted by molar-refractivity contribution is -0.121. The molecule has 1 atom stereocenters. The van der Waals surface area contributed by atoms with Crippen molar-refractivity contribution in [3.63, 3.8) is 0 Å². The second kappa shape index (κ2) is 8.28. The molecule has 0 radical (unpaired) electrons. The number of nitrogens with one attached hydrogen (secondary N) is 2. The number of aryl methyl sites for hydroxylation is 1. The predicted octanol–water partition coefficient (Wildman–Crippen LogP) is 0.910. The fourth-order valence-electron chi connectivity index (χ4n) is 2.98. The highest BCUT2D eigenvalue weighted by atomic mass is 16.5. The number of aromatic amines is 1. The number of β-amino-alcohol motifs (C(OH)–C–C–N with tert-alkyl or cyclic N) is 1. The lowest BCUT2D eigenvalue weighted by Crippen LogP contribution is -2.44. The Kier molecular flexibility index (Phi) is 5.85. The van der Waals surface area contributed by atoms with Crippen LogP contribution in [0.5, 0.6) is 0 Å². The molecular formula is C18H25N3O3. The van der Waals surface area contributed by atoms with Crippen LogP contribution < -0.4 is 5.32 Å². The van der Waals surface area contributed by atoms with Crippen LogP contribution in [0.25, 0.3) is 10.9 Å². The zero-order valence-electron chi connectivity index (χ0n) is 13.8. The van der Waals surface area contributed by atoms with Crippen LogP contribution in [0.2, 0.25) is 0 Å². The molecule has 1 aromatic heterocycles. The highest BCUT2D eigenvalue weighted by Gasteiger charge is 2.15. The van der Waals surface area contributed by atoms with E-state index in [2.05, 4.69) is 21.3 Å². The number of morpholine rings is 1. The van der Waals surface area contributed by atoms with Gasteiger partial charge in [-0.05, 0) is 35.6 Å². The van der Waals surface area contributed by atoms with Gasteiger partial charge in [-0.25, -0.2) is 0 Å². The van der Waals surface area contributed by atoms with E-state index in [1.807, 2.05) is 24.4 Å². The first-order valence-electron chi connectivity index (χ1n) is 8.51. The number of rotatable bonds is 7. The summed E-state index contributed by atoms with van der Waals surface area (Å²) >= 11 is 0. The third-order valence-electron chi connectivity index (χ3n) is 4.37. The van der Waals surface area contributed by atoms with E-state index in [1.165, 1.54) is 0 Å². The summed E-state index contributed by atoms with van der Waals surface area (Å²) in [6.07, 6.45) is 2.51. The molecule has 6 heteroatoms. The van der Waals surface area contributed by atoms with Crippen molar-refractivity contribution in [2.45, 2.75) is 18.9 Å². The number of carbonyl (C=O) groups excluding carboxylic acids is 1. The van der Waals surface area contributed by atoms with Crippen LogP contribution in [0.15, 0.2) is 30.5 Å². The summed E-state index contributed by atoms with van der Waals surface area (Å²) in [5.74, 6) is -0.0230. The Hall–Kier alpha value is -1.89. The fraction of sp³-hybridized carbons (Fsp3) is 0.500. The van der Waals surface area contributed by atoms with E-state index < -0.39 is 6.10 Å². The van der Waals surface area contributed by atoms with Crippen molar-refractivity contribution in [2.75, 3.05) is 39.4 Å². The van der Waals surface area contributed by atoms with Crippen molar-refractivity contribution in [3.05, 3.63) is 36.0 Å². The number of carbonyl (C=O) groups is 1. The Bertz CT molecular complexity index is 664. The molecular weight excluding hydrogens is 306 g/mol. The van der Waals surface area contributed by atoms with E-state index in [0.717, 1.165) is 29.6 Å². The summed E-state index contributed by atoms with van der Waals surface area (Å²) in [4.78, 5) is 17.3. The molecule has 1 saturated heterocycles. The van der Waals surface area contributed by atoms with Gasteiger partial charge in [0.2, 0.25) is 5.91 Å². The number of fused-ring (bicyclic) bond motifs is 1. The lowest BCUT2D eigenvalue weighted by atomic mass is 10.1. The topological polar surface area (TPSA) is 77.6 Å². The maximum Gasteiger partial charge on any atom is 0.220 e. The van der Waals surface area contributed by atoms with E-state index in [1.54, 1.807) is 0 Å². The molecule has 0 spiro atoms. The van der Waals surface area contributed by atoms with E-state index >= 15 is 0 Å². The molecule has 1 aliphatic heterocycles. The Balaban J connectivity index is 1.37. The molecule has 1 aliphatic rings. The number of aliphatic hydroxyl groups is 1. The predicted molar refractivity (Wildman–Crippen MR) is 92.9 cm³/mol. The number of ether oxygens (including phenoxy) is 1. The smallest absolute Gasteiger partial charge is 0.220 e. The van der Waals surface area contributed by atoms with Crippen molar-refractivity contribution in [1.82, 2.24) is 15.2 Å². The van der Waals surface area contributed by atoms with Crippen molar-refractivity contribution in [2.24, 2.45) is 0 Å². The van der Waals surface area contributed by atoms with Crippen molar-refractivity contribution >= 4 is 16.8 Å². The molecule has 0 bridgehead atoms. The Morgan fingerprint density at radius 3 is 3.00 bits per heavy atom. The maximum absolute atomic E-state index is 12.0. The van der Waals surface area contributed by atoms with Crippen LogP contribution in [-0.4, -0.2) is 66.4 Å². The van der Waals surface area contributed by atoms with Gasteiger partial charge in [-0.3, -0.25) is 9.69 Å². The van der Waals surface area contributed by atoms with Crippen LogP contribution in [0.4, 0.5) is 0 Å². The van der Waals surface area contributed by atoms with Gasteiger partial charge in [0.1, 0.15) is 0 Å². The molecule has 1 amide bonds. The molecule has 1 unspecified atom stereocenters. The molecule has 1 aromatic carbocycles. The molecule has 3 rings (SSSR count). The summed E-state index contributed by atoms with van der Waals surface area (Å²) in [5.41, 5.74) is 2.25. The number of hydrogen-bond donors (Lipinski definition) is 3. The average Bonchev–Trinajstić information content (AvgIpc) is 3.07. The van der Waals surface area contributed by atoms with E-state index in [9.17, 15) is 9.90 Å². The number of benzene rings is 1. The van der Waals surface area contributed by atoms with Gasteiger partial charge < -0.3 is 20.1 Å². The minimum absolute atomic E-state index is 0.0230. The van der Waals surface area contributed by atoms with Gasteiger partial charge in [0.15, 0.2) is 0 Å². The molecule has 0 aliphatic carbocycles. The van der Waals surface area contributed by atoms with Gasteiger partial charge in [0, 0.05) is 44.3 Å². The van der Waals surface area contributed by atoms with Crippen LogP contribution in [0.1, 0.15) is 12.0 Å². The zero-order valence-corrected chi connectivity index (χ0v) is 13.8. The molecule has 1 fully saturated rings. The van der Waals surface area contributed by atoms with Gasteiger partial charge in [0.05, 0.1) is 19.3 Å². The molecule has 2 aromatic rings. The number of aromatic nitrogens is 1. The summed E-state index contributed by atoms with van der Waals surface area (Å²) in [5, 5.41) is 14.0. The highest BCUT2D eigenvalue weighted by Crippen LogP contribution is 2.15. The summed E-state index contributed by atoms with van der Waals surface area (Å²) in [6.45, 7) is 3.98. The average molecular weight is 331 g/mol. The van der Waals surface area contributed by atoms with Crippen molar-refractivity contribution in [3.8, 4) is 0 Å². The minimum atomic E-state index is -0.539. The largest absolute Gasteiger partial charge is 0.390 e. The van der Waals surface area contributed by atoms with E-state index in [4.69, 9.17) is 4.74 Å². The van der Waals surface area contributed by atoms with Gasteiger partial charge in [0.25, 0.3) is 0 Å². The van der Waals surface area contributed by atoms with Crippen LogP contribution in [0, 0.1) is 0 Å². The maximum atomic E-state index is 12.0. The summed E-state index contributed by atoms with van der Waals surface area (Å²) in [7, 11) is 0. The Morgan fingerprint density at radius 1 is 1.33 bits per heavy atom. The molecule has 6 nitrogen and oxygen atoms in total. The molecule has 0 saturated carbocycles. The minimum Gasteiger partial charge on any atom is -0.390 e. The Morgan fingerprint density at radius 2 is 2.17 bits per heavy atom. The number of hydrogen-bond acceptors (Lipinski definition) is 4. The Labute approximate surface area is 141 Å². The van der Waals surface area contributed by atoms with Crippen LogP contribution in [-0.2, 0) is 16.0 Å². The molecule has 2 heterocycles. The fourth-order valence-corrected chi connectivity index (χ4v) is 2.98. The summed E-state index contributed by atoms with van der Waals surface area (Å²) < 4.78 is 5.28. The quantitative estimate of drug-likeness (QED) is 0.705. The number of amides is 1. The van der Waals surface area contributed by atoms with Gasteiger partial charge in [-0.15, -0.1) is 0 Å². The first-order valence-corrected chi connectivity index (χ1v) is 8.51. The normalized spacial score (nSPS) is 17.0. The standard InChI is InChI=1S/C18H25N3O3/c22-16(13-21-7-9-24-10-8-21)12-20-18(23)4-2-14-1-3-17-15(11-14)5-6-19-17/h1,3,5-6,11,16,19,22H,2,4,7-10,12-13H2,(H,20,23). The third kappa shape index (κ3) is 4.80. The SMILES string of the molecule is O=C(CCc1ccc2[nH]ccc2c1)NCC(O)CN1CCOCC1. The molecule has 3 N–H and O–H groups in total. The zero-order chi connectivity index (χ0) is 16.8. The number of H-pyrrole nitrogens is 1. The molecule has 24 heavy (non-hydrogen) atoms. The van der Waals surface area contributed by atoms with E-state index in [-0.39, 0.29) is 5.91 Å². The van der Waals surface area contributed by atoms with Crippen LogP contribution >= 0.6 is 0 Å². The second-order valence-corrected chi connectivity index (χ2v) is 6.27. The first kappa shape index (κ1) is 17.0. The van der Waals surface area contributed by atoms with Gasteiger partial charge >= 0.3 is 0 Å². The van der Waals surface area contributed by atoms with Crippen molar-refractivity contribution < 1.29 is 14.6 Å². The summed E-state index contributed by atoms with van der Waals surface area (Å²) in [6, 6.07) is 8.21. The highest BCUT2D eigenvalue weighted by molar-refractivity contribution is 5.80. The lowest BCUT2D eigenvalue weighted by Gasteiger charge is -2.28. The van der Waals surface area contributed by atoms with Crippen molar-refractivity contribution in [1.29, 1.82) is 0 Å². The second-order valence-electron chi connectivity index (χ2n) is 6.27. The van der Waals surface area contributed by atoms with Gasteiger partial charge in [-0.2, -0.15) is 0 Å². The van der Waals surface area contributed by atoms with E-state index in [0.29, 0.717) is 39.1 Å². The number of aliphatic hydroxyl groups excluding tert-OH is 1. The van der Waals surface area contributed by atoms with Gasteiger partial charge in [-0.1, -0.05) is 6.07 Å². The first-order chi connectivity index (χ1) is 11.7.